The summed E-state index contributed by atoms with van der Waals surface area (Å²) in [5.41, 5.74) is 4.36. The molecule has 5 rings (SSSR count). The van der Waals surface area contributed by atoms with Gasteiger partial charge in [0.05, 0.1) is 11.8 Å². The van der Waals surface area contributed by atoms with Crippen LogP contribution >= 0.6 is 27.5 Å². The molecule has 2 aliphatic rings. The van der Waals surface area contributed by atoms with E-state index >= 15 is 0 Å². The van der Waals surface area contributed by atoms with Crippen LogP contribution in [0.15, 0.2) is 82.4 Å². The molecule has 0 aromatic heterocycles. The smallest absolute Gasteiger partial charge is 0.213 e. The summed E-state index contributed by atoms with van der Waals surface area (Å²) in [5, 5.41) is 7.75. The van der Waals surface area contributed by atoms with Gasteiger partial charge in [0, 0.05) is 27.0 Å². The molecule has 3 aromatic carbocycles. The second kappa shape index (κ2) is 6.70. The number of nitrogens with zero attached hydrogens (tertiary/aromatic N) is 2. The van der Waals surface area contributed by atoms with E-state index in [0.29, 0.717) is 5.02 Å². The van der Waals surface area contributed by atoms with Gasteiger partial charge in [0.2, 0.25) is 6.23 Å². The number of hydrazone groups is 1. The highest BCUT2D eigenvalue weighted by Gasteiger charge is 2.40. The van der Waals surface area contributed by atoms with Crippen molar-refractivity contribution in [1.82, 2.24) is 5.01 Å². The van der Waals surface area contributed by atoms with E-state index in [1.54, 1.807) is 0 Å². The van der Waals surface area contributed by atoms with E-state index in [-0.39, 0.29) is 12.3 Å². The van der Waals surface area contributed by atoms with Gasteiger partial charge < -0.3 is 4.74 Å². The maximum absolute atomic E-state index is 6.34. The van der Waals surface area contributed by atoms with Crippen LogP contribution in [0.3, 0.4) is 0 Å². The zero-order chi connectivity index (χ0) is 18.4. The lowest BCUT2D eigenvalue weighted by Crippen LogP contribution is -2.33. The Morgan fingerprint density at radius 3 is 2.56 bits per heavy atom. The first kappa shape index (κ1) is 16.8. The summed E-state index contributed by atoms with van der Waals surface area (Å²) in [6.45, 7) is 0. The highest BCUT2D eigenvalue weighted by molar-refractivity contribution is 9.10. The van der Waals surface area contributed by atoms with Crippen molar-refractivity contribution >= 4 is 33.2 Å². The molecule has 0 fully saturated rings. The fraction of sp³-hybridized carbons (Fsp3) is 0.136. The van der Waals surface area contributed by atoms with Crippen molar-refractivity contribution in [1.29, 1.82) is 0 Å². The molecule has 0 N–H and O–H groups in total. The molecule has 27 heavy (non-hydrogen) atoms. The zero-order valence-electron chi connectivity index (χ0n) is 14.3. The van der Waals surface area contributed by atoms with Crippen LogP contribution in [0.1, 0.15) is 35.4 Å². The van der Waals surface area contributed by atoms with E-state index in [2.05, 4.69) is 45.2 Å². The lowest BCUT2D eigenvalue weighted by Gasteiger charge is -2.38. The van der Waals surface area contributed by atoms with E-state index < -0.39 is 0 Å². The van der Waals surface area contributed by atoms with Crippen molar-refractivity contribution in [3.8, 4) is 5.75 Å². The largest absolute Gasteiger partial charge is 0.464 e. The minimum atomic E-state index is -0.252. The summed E-state index contributed by atoms with van der Waals surface area (Å²) in [7, 11) is 0. The molecule has 3 aromatic rings. The molecule has 0 saturated heterocycles. The third kappa shape index (κ3) is 3.03. The first-order valence-electron chi connectivity index (χ1n) is 8.82. The van der Waals surface area contributed by atoms with Crippen molar-refractivity contribution in [2.75, 3.05) is 0 Å². The summed E-state index contributed by atoms with van der Waals surface area (Å²) < 4.78 is 7.40. The molecule has 3 nitrogen and oxygen atoms in total. The topological polar surface area (TPSA) is 24.8 Å². The molecule has 0 radical (unpaired) electrons. The normalized spacial score (nSPS) is 20.5. The summed E-state index contributed by atoms with van der Waals surface area (Å²) >= 11 is 9.77. The quantitative estimate of drug-likeness (QED) is 0.465. The third-order valence-corrected chi connectivity index (χ3v) is 5.78. The summed E-state index contributed by atoms with van der Waals surface area (Å²) in [4.78, 5) is 0. The Balaban J connectivity index is 1.60. The van der Waals surface area contributed by atoms with Gasteiger partial charge in [-0.15, -0.1) is 0 Å². The van der Waals surface area contributed by atoms with Gasteiger partial charge in [-0.2, -0.15) is 5.10 Å². The molecule has 5 heteroatoms. The van der Waals surface area contributed by atoms with Crippen molar-refractivity contribution in [2.45, 2.75) is 18.7 Å². The van der Waals surface area contributed by atoms with E-state index in [0.717, 1.165) is 39.0 Å². The second-order valence-electron chi connectivity index (χ2n) is 6.72. The van der Waals surface area contributed by atoms with Crippen LogP contribution in [0.5, 0.6) is 5.75 Å². The minimum Gasteiger partial charge on any atom is -0.464 e. The molecular formula is C22H16BrClN2O. The monoisotopic (exact) mass is 438 g/mol. The van der Waals surface area contributed by atoms with Gasteiger partial charge in [0.25, 0.3) is 0 Å². The fourth-order valence-electron chi connectivity index (χ4n) is 3.71. The Labute approximate surface area is 171 Å². The van der Waals surface area contributed by atoms with E-state index in [1.165, 1.54) is 0 Å². The third-order valence-electron chi connectivity index (χ3n) is 5.01. The molecule has 2 heterocycles. The van der Waals surface area contributed by atoms with Crippen LogP contribution in [-0.2, 0) is 0 Å². The predicted octanol–water partition coefficient (Wildman–Crippen LogP) is 6.34. The molecule has 2 unspecified atom stereocenters. The number of ether oxygens (including phenoxy) is 1. The Morgan fingerprint density at radius 2 is 1.78 bits per heavy atom. The van der Waals surface area contributed by atoms with Gasteiger partial charge in [-0.25, -0.2) is 5.01 Å². The fourth-order valence-corrected chi connectivity index (χ4v) is 4.16. The lowest BCUT2D eigenvalue weighted by atomic mass is 9.96. The molecule has 0 amide bonds. The molecule has 0 bridgehead atoms. The number of halogens is 2. The molecule has 2 aliphatic heterocycles. The molecular weight excluding hydrogens is 424 g/mol. The molecule has 134 valence electrons. The zero-order valence-corrected chi connectivity index (χ0v) is 16.7. The Morgan fingerprint density at radius 1 is 1.00 bits per heavy atom. The van der Waals surface area contributed by atoms with Crippen LogP contribution in [0.2, 0.25) is 5.02 Å². The van der Waals surface area contributed by atoms with Gasteiger partial charge in [-0.05, 0) is 35.9 Å². The minimum absolute atomic E-state index is 0.108. The molecule has 0 aliphatic carbocycles. The van der Waals surface area contributed by atoms with Crippen LogP contribution in [-0.4, -0.2) is 10.7 Å². The van der Waals surface area contributed by atoms with E-state index in [1.807, 2.05) is 48.5 Å². The number of fused-ring (bicyclic) bond motifs is 3. The van der Waals surface area contributed by atoms with Gasteiger partial charge in [-0.1, -0.05) is 70.0 Å². The summed E-state index contributed by atoms with van der Waals surface area (Å²) in [6.07, 6.45) is 0.569. The molecule has 0 spiro atoms. The van der Waals surface area contributed by atoms with Gasteiger partial charge in [-0.3, -0.25) is 0 Å². The van der Waals surface area contributed by atoms with E-state index in [9.17, 15) is 0 Å². The average molecular weight is 440 g/mol. The van der Waals surface area contributed by atoms with Crippen LogP contribution in [0.4, 0.5) is 0 Å². The Hall–Kier alpha value is -2.30. The standard InChI is InChI=1S/C22H16BrClN2O/c23-16-8-6-14(7-9-16)19-13-20-18-12-17(24)10-11-21(18)27-22(26(20)25-19)15-4-2-1-3-5-15/h1-12,20,22H,13H2. The van der Waals surface area contributed by atoms with Gasteiger partial charge >= 0.3 is 0 Å². The highest BCUT2D eigenvalue weighted by atomic mass is 79.9. The SMILES string of the molecule is Clc1ccc2c(c1)C1CC(c3ccc(Br)cc3)=NN1C(c1ccccc1)O2. The lowest BCUT2D eigenvalue weighted by molar-refractivity contribution is -0.0190. The Kier molecular flexibility index (Phi) is 4.18. The van der Waals surface area contributed by atoms with Crippen molar-refractivity contribution in [2.24, 2.45) is 5.10 Å². The number of hydrogen-bond acceptors (Lipinski definition) is 3. The summed E-state index contributed by atoms with van der Waals surface area (Å²) in [6, 6.07) is 24.5. The van der Waals surface area contributed by atoms with Crippen molar-refractivity contribution in [3.63, 3.8) is 0 Å². The van der Waals surface area contributed by atoms with Crippen LogP contribution in [0.25, 0.3) is 0 Å². The summed E-state index contributed by atoms with van der Waals surface area (Å²) in [5.74, 6) is 0.877. The number of hydrogen-bond donors (Lipinski definition) is 0. The average Bonchev–Trinajstić information content (AvgIpc) is 3.14. The van der Waals surface area contributed by atoms with Gasteiger partial charge in [0.1, 0.15) is 5.75 Å². The first-order valence-corrected chi connectivity index (χ1v) is 9.99. The first-order chi connectivity index (χ1) is 13.2. The Bertz CT molecular complexity index is 1020. The van der Waals surface area contributed by atoms with Crippen LogP contribution < -0.4 is 4.74 Å². The van der Waals surface area contributed by atoms with Crippen molar-refractivity contribution in [3.05, 3.63) is 99.0 Å². The molecule has 2 atom stereocenters. The predicted molar refractivity (Wildman–Crippen MR) is 111 cm³/mol. The van der Waals surface area contributed by atoms with E-state index in [4.69, 9.17) is 21.4 Å². The van der Waals surface area contributed by atoms with Crippen LogP contribution in [0, 0.1) is 0 Å². The van der Waals surface area contributed by atoms with Crippen molar-refractivity contribution < 1.29 is 4.74 Å². The second-order valence-corrected chi connectivity index (χ2v) is 8.07. The molecule has 0 saturated carbocycles. The van der Waals surface area contributed by atoms with Gasteiger partial charge in [0.15, 0.2) is 0 Å². The highest BCUT2D eigenvalue weighted by Crippen LogP contribution is 2.48. The maximum Gasteiger partial charge on any atom is 0.213 e. The number of benzene rings is 3. The number of rotatable bonds is 2. The maximum atomic E-state index is 6.34.